The second-order valence-corrected chi connectivity index (χ2v) is 3.74. The maximum Gasteiger partial charge on any atom is 0.218 e. The molecule has 0 saturated carbocycles. The van der Waals surface area contributed by atoms with E-state index in [1.165, 1.54) is 0 Å². The molecule has 0 spiro atoms. The Morgan fingerprint density at radius 3 is 2.93 bits per heavy atom. The molecule has 1 amide bonds. The van der Waals surface area contributed by atoms with Gasteiger partial charge in [-0.1, -0.05) is 30.4 Å². The van der Waals surface area contributed by atoms with Gasteiger partial charge < -0.3 is 11.1 Å². The number of hydrogen-bond acceptors (Lipinski definition) is 2. The molecule has 1 heterocycles. The minimum Gasteiger partial charge on any atom is -0.370 e. The fraction of sp³-hybridized carbons (Fsp3) is 0.200. The number of thiocarbonyl (C=S) groups is 1. The van der Waals surface area contributed by atoms with Crippen LogP contribution in [0, 0.1) is 0 Å². The molecule has 1 atom stereocenters. The van der Waals surface area contributed by atoms with E-state index in [-0.39, 0.29) is 18.2 Å². The summed E-state index contributed by atoms with van der Waals surface area (Å²) >= 11 is 5.15. The van der Waals surface area contributed by atoms with Crippen molar-refractivity contribution in [2.24, 2.45) is 5.73 Å². The van der Waals surface area contributed by atoms with Crippen molar-refractivity contribution in [3.05, 3.63) is 29.8 Å². The van der Waals surface area contributed by atoms with Gasteiger partial charge in [0.25, 0.3) is 0 Å². The lowest BCUT2D eigenvalue weighted by atomic mass is 9.98. The summed E-state index contributed by atoms with van der Waals surface area (Å²) in [5.74, 6) is -0.366. The van der Waals surface area contributed by atoms with Crippen molar-refractivity contribution < 1.29 is 4.79 Å². The van der Waals surface area contributed by atoms with Gasteiger partial charge in [-0.3, -0.25) is 4.79 Å². The van der Waals surface area contributed by atoms with E-state index in [4.69, 9.17) is 18.0 Å². The molecule has 1 aromatic rings. The van der Waals surface area contributed by atoms with Gasteiger partial charge in [-0.05, 0) is 11.6 Å². The van der Waals surface area contributed by atoms with Crippen LogP contribution in [0.3, 0.4) is 0 Å². The quantitative estimate of drug-likeness (QED) is 0.719. The first-order chi connectivity index (χ1) is 6.68. The molecule has 0 aromatic heterocycles. The molecule has 2 rings (SSSR count). The number of amides is 1. The highest BCUT2D eigenvalue weighted by molar-refractivity contribution is 7.80. The highest BCUT2D eigenvalue weighted by Gasteiger charge is 2.27. The van der Waals surface area contributed by atoms with Crippen molar-refractivity contribution in [1.29, 1.82) is 0 Å². The van der Waals surface area contributed by atoms with Crippen LogP contribution in [0.2, 0.25) is 0 Å². The predicted molar refractivity (Wildman–Crippen MR) is 59.2 cm³/mol. The zero-order valence-electron chi connectivity index (χ0n) is 7.49. The van der Waals surface area contributed by atoms with Gasteiger partial charge in [0.1, 0.15) is 0 Å². The SMILES string of the molecule is NC(=O)CC1C(=S)Nc2ccccc21. The molecule has 1 aromatic carbocycles. The number of carbonyl (C=O) groups excluding carboxylic acids is 1. The molecule has 1 aliphatic heterocycles. The van der Waals surface area contributed by atoms with Crippen molar-refractivity contribution in [3.63, 3.8) is 0 Å². The van der Waals surface area contributed by atoms with Gasteiger partial charge in [0.15, 0.2) is 0 Å². The van der Waals surface area contributed by atoms with E-state index in [0.29, 0.717) is 4.99 Å². The largest absolute Gasteiger partial charge is 0.370 e. The lowest BCUT2D eigenvalue weighted by Crippen LogP contribution is -2.19. The summed E-state index contributed by atoms with van der Waals surface area (Å²) in [7, 11) is 0. The minimum atomic E-state index is -0.323. The maximum atomic E-state index is 10.8. The Bertz CT molecular complexity index is 403. The van der Waals surface area contributed by atoms with Crippen LogP contribution in [0.1, 0.15) is 17.9 Å². The zero-order valence-corrected chi connectivity index (χ0v) is 8.30. The monoisotopic (exact) mass is 206 g/mol. The first-order valence-electron chi connectivity index (χ1n) is 4.36. The molecule has 0 fully saturated rings. The summed E-state index contributed by atoms with van der Waals surface area (Å²) in [6.07, 6.45) is 0.281. The maximum absolute atomic E-state index is 10.8. The van der Waals surface area contributed by atoms with Crippen molar-refractivity contribution in [1.82, 2.24) is 0 Å². The number of benzene rings is 1. The second kappa shape index (κ2) is 3.38. The van der Waals surface area contributed by atoms with Crippen LogP contribution in [0.25, 0.3) is 0 Å². The van der Waals surface area contributed by atoms with E-state index in [0.717, 1.165) is 11.3 Å². The van der Waals surface area contributed by atoms with Gasteiger partial charge >= 0.3 is 0 Å². The smallest absolute Gasteiger partial charge is 0.218 e. The highest BCUT2D eigenvalue weighted by atomic mass is 32.1. The normalized spacial score (nSPS) is 18.9. The highest BCUT2D eigenvalue weighted by Crippen LogP contribution is 2.34. The number of nitrogens with one attached hydrogen (secondary N) is 1. The number of hydrogen-bond donors (Lipinski definition) is 2. The van der Waals surface area contributed by atoms with Crippen molar-refractivity contribution in [2.75, 3.05) is 5.32 Å². The van der Waals surface area contributed by atoms with Gasteiger partial charge in [0, 0.05) is 18.0 Å². The third kappa shape index (κ3) is 1.48. The van der Waals surface area contributed by atoms with Crippen LogP contribution in [0.5, 0.6) is 0 Å². The molecule has 0 bridgehead atoms. The molecule has 1 unspecified atom stereocenters. The molecule has 0 saturated heterocycles. The lowest BCUT2D eigenvalue weighted by molar-refractivity contribution is -0.118. The van der Waals surface area contributed by atoms with Gasteiger partial charge in [0.05, 0.1) is 4.99 Å². The Morgan fingerprint density at radius 1 is 1.50 bits per heavy atom. The lowest BCUT2D eigenvalue weighted by Gasteiger charge is -2.06. The molecule has 0 aliphatic carbocycles. The molecular formula is C10H10N2OS. The van der Waals surface area contributed by atoms with Crippen LogP contribution in [-0.2, 0) is 4.79 Å². The Hall–Kier alpha value is -1.42. The Morgan fingerprint density at radius 2 is 2.21 bits per heavy atom. The summed E-state index contributed by atoms with van der Waals surface area (Å²) in [6.45, 7) is 0. The number of carbonyl (C=O) groups is 1. The van der Waals surface area contributed by atoms with Gasteiger partial charge in [0.2, 0.25) is 5.91 Å². The summed E-state index contributed by atoms with van der Waals surface area (Å²) in [4.78, 5) is 11.5. The zero-order chi connectivity index (χ0) is 10.1. The number of nitrogens with two attached hydrogens (primary N) is 1. The summed E-state index contributed by atoms with van der Waals surface area (Å²) in [6, 6.07) is 7.78. The Balaban J connectivity index is 2.34. The van der Waals surface area contributed by atoms with Crippen LogP contribution in [0.4, 0.5) is 5.69 Å². The molecular weight excluding hydrogens is 196 g/mol. The van der Waals surface area contributed by atoms with E-state index in [1.54, 1.807) is 0 Å². The molecule has 4 heteroatoms. The van der Waals surface area contributed by atoms with E-state index >= 15 is 0 Å². The first-order valence-corrected chi connectivity index (χ1v) is 4.77. The minimum absolute atomic E-state index is 0.0429. The molecule has 14 heavy (non-hydrogen) atoms. The number of primary amides is 1. The average Bonchev–Trinajstić information content (AvgIpc) is 2.43. The average molecular weight is 206 g/mol. The second-order valence-electron chi connectivity index (χ2n) is 3.30. The van der Waals surface area contributed by atoms with E-state index < -0.39 is 0 Å². The molecule has 72 valence electrons. The van der Waals surface area contributed by atoms with Gasteiger partial charge in [-0.15, -0.1) is 0 Å². The first kappa shape index (κ1) is 9.15. The predicted octanol–water partition coefficient (Wildman–Crippen LogP) is 1.40. The molecule has 1 aliphatic rings. The van der Waals surface area contributed by atoms with Crippen LogP contribution in [0.15, 0.2) is 24.3 Å². The Kier molecular flexibility index (Phi) is 2.21. The van der Waals surface area contributed by atoms with Gasteiger partial charge in [-0.2, -0.15) is 0 Å². The third-order valence-electron chi connectivity index (χ3n) is 2.32. The Labute approximate surface area is 87.3 Å². The number of rotatable bonds is 2. The van der Waals surface area contributed by atoms with Crippen LogP contribution in [-0.4, -0.2) is 10.9 Å². The van der Waals surface area contributed by atoms with E-state index in [2.05, 4.69) is 5.32 Å². The van der Waals surface area contributed by atoms with Crippen molar-refractivity contribution in [3.8, 4) is 0 Å². The summed E-state index contributed by atoms with van der Waals surface area (Å²) in [5.41, 5.74) is 7.22. The number of para-hydroxylation sites is 1. The molecule has 3 N–H and O–H groups in total. The van der Waals surface area contributed by atoms with E-state index in [1.807, 2.05) is 24.3 Å². The van der Waals surface area contributed by atoms with Crippen molar-refractivity contribution >= 4 is 28.8 Å². The van der Waals surface area contributed by atoms with Gasteiger partial charge in [-0.25, -0.2) is 0 Å². The summed E-state index contributed by atoms with van der Waals surface area (Å²) < 4.78 is 0. The summed E-state index contributed by atoms with van der Waals surface area (Å²) in [5, 5.41) is 3.08. The van der Waals surface area contributed by atoms with Crippen LogP contribution < -0.4 is 11.1 Å². The fourth-order valence-electron chi connectivity index (χ4n) is 1.68. The van der Waals surface area contributed by atoms with Crippen molar-refractivity contribution in [2.45, 2.75) is 12.3 Å². The molecule has 3 nitrogen and oxygen atoms in total. The van der Waals surface area contributed by atoms with Crippen LogP contribution >= 0.6 is 12.2 Å². The third-order valence-corrected chi connectivity index (χ3v) is 2.70. The standard InChI is InChI=1S/C10H10N2OS/c11-9(13)5-7-6-3-1-2-4-8(6)12-10(7)14/h1-4,7H,5H2,(H2,11,13)(H,12,14). The number of anilines is 1. The topological polar surface area (TPSA) is 55.1 Å². The fourth-order valence-corrected chi connectivity index (χ4v) is 2.00. The molecule has 0 radical (unpaired) electrons. The van der Waals surface area contributed by atoms with E-state index in [9.17, 15) is 4.79 Å². The number of fused-ring (bicyclic) bond motifs is 1.